The molecule has 136 valence electrons. The normalized spacial score (nSPS) is 15.8. The summed E-state index contributed by atoms with van der Waals surface area (Å²) in [6.07, 6.45) is 3.27. The van der Waals surface area contributed by atoms with Gasteiger partial charge in [0.2, 0.25) is 0 Å². The molecule has 0 aromatic heterocycles. The first-order valence-electron chi connectivity index (χ1n) is 8.44. The molecule has 0 radical (unpaired) electrons. The zero-order chi connectivity index (χ0) is 18.1. The maximum atomic E-state index is 11.9. The van der Waals surface area contributed by atoms with Crippen molar-refractivity contribution in [3.8, 4) is 0 Å². The number of aliphatic carboxylic acids is 1. The molecule has 0 bridgehead atoms. The smallest absolute Gasteiger partial charge is 0.408 e. The van der Waals surface area contributed by atoms with Crippen LogP contribution in [-0.2, 0) is 25.7 Å². The number of alkyl carbamates (subject to hydrolysis) is 1. The lowest BCUT2D eigenvalue weighted by Crippen LogP contribution is -2.43. The Morgan fingerprint density at radius 2 is 1.80 bits per heavy atom. The van der Waals surface area contributed by atoms with Gasteiger partial charge in [-0.05, 0) is 31.2 Å². The van der Waals surface area contributed by atoms with Gasteiger partial charge in [0.15, 0.2) is 0 Å². The summed E-state index contributed by atoms with van der Waals surface area (Å²) in [5.41, 5.74) is 0.779. The fourth-order valence-electron chi connectivity index (χ4n) is 2.69. The Hall–Kier alpha value is -2.57. The fraction of sp³-hybridized carbons (Fsp3) is 0.500. The summed E-state index contributed by atoms with van der Waals surface area (Å²) in [6, 6.07) is 7.63. The molecule has 2 N–H and O–H groups in total. The van der Waals surface area contributed by atoms with Crippen LogP contribution in [0.5, 0.6) is 0 Å². The quantitative estimate of drug-likeness (QED) is 0.734. The van der Waals surface area contributed by atoms with E-state index in [0.717, 1.165) is 37.7 Å². The first-order valence-corrected chi connectivity index (χ1v) is 8.44. The predicted molar refractivity (Wildman–Crippen MR) is 88.8 cm³/mol. The van der Waals surface area contributed by atoms with Crippen molar-refractivity contribution < 1.29 is 29.0 Å². The molecule has 0 spiro atoms. The van der Waals surface area contributed by atoms with Gasteiger partial charge in [0.05, 0.1) is 6.42 Å². The molecule has 1 aliphatic rings. The molecule has 0 saturated heterocycles. The molecule has 7 heteroatoms. The zero-order valence-electron chi connectivity index (χ0n) is 14.0. The van der Waals surface area contributed by atoms with Crippen LogP contribution in [0, 0.1) is 0 Å². The van der Waals surface area contributed by atoms with Crippen LogP contribution in [0.4, 0.5) is 4.79 Å². The number of carbonyl (C=O) groups excluding carboxylic acids is 2. The van der Waals surface area contributed by atoms with Crippen molar-refractivity contribution >= 4 is 18.0 Å². The van der Waals surface area contributed by atoms with Crippen LogP contribution in [-0.4, -0.2) is 35.3 Å². The van der Waals surface area contributed by atoms with Crippen LogP contribution in [0.2, 0.25) is 0 Å². The van der Waals surface area contributed by atoms with Crippen molar-refractivity contribution in [1.29, 1.82) is 0 Å². The van der Waals surface area contributed by atoms with Crippen molar-refractivity contribution in [3.63, 3.8) is 0 Å². The van der Waals surface area contributed by atoms with Gasteiger partial charge >= 0.3 is 18.0 Å². The number of carbonyl (C=O) groups is 3. The number of rotatable bonds is 7. The third-order valence-corrected chi connectivity index (χ3v) is 4.02. The van der Waals surface area contributed by atoms with E-state index < -0.39 is 30.5 Å². The zero-order valence-corrected chi connectivity index (χ0v) is 14.0. The number of nitrogens with one attached hydrogen (secondary N) is 1. The molecule has 1 aromatic carbocycles. The van der Waals surface area contributed by atoms with Crippen molar-refractivity contribution in [2.45, 2.75) is 57.3 Å². The standard InChI is InChI=1S/C18H23NO6/c20-16(25-14-9-5-2-6-10-14)11-15(17(21)22)19-18(23)24-12-13-7-3-1-4-8-13/h1,3-4,7-8,14-15H,2,5-6,9-12H2,(H,19,23)(H,21,22). The largest absolute Gasteiger partial charge is 0.480 e. The summed E-state index contributed by atoms with van der Waals surface area (Å²) in [5, 5.41) is 11.4. The number of hydrogen-bond acceptors (Lipinski definition) is 5. The molecule has 0 aliphatic heterocycles. The molecule has 1 amide bonds. The second-order valence-corrected chi connectivity index (χ2v) is 6.05. The maximum absolute atomic E-state index is 11.9. The summed E-state index contributed by atoms with van der Waals surface area (Å²) in [5.74, 6) is -1.93. The van der Waals surface area contributed by atoms with Gasteiger partial charge in [0, 0.05) is 0 Å². The van der Waals surface area contributed by atoms with Gasteiger partial charge in [-0.3, -0.25) is 4.79 Å². The highest BCUT2D eigenvalue weighted by Gasteiger charge is 2.26. The van der Waals surface area contributed by atoms with E-state index in [4.69, 9.17) is 9.47 Å². The Labute approximate surface area is 146 Å². The number of carboxylic acids is 1. The first-order chi connectivity index (χ1) is 12.0. The average Bonchev–Trinajstić information content (AvgIpc) is 2.61. The molecule has 0 heterocycles. The number of esters is 1. The highest BCUT2D eigenvalue weighted by atomic mass is 16.6. The molecule has 1 aromatic rings. The van der Waals surface area contributed by atoms with Gasteiger partial charge in [-0.1, -0.05) is 36.8 Å². The molecule has 1 fully saturated rings. The van der Waals surface area contributed by atoms with Crippen LogP contribution in [0.25, 0.3) is 0 Å². The van der Waals surface area contributed by atoms with Crippen LogP contribution < -0.4 is 5.32 Å². The minimum absolute atomic E-state index is 0.0194. The molecule has 1 unspecified atom stereocenters. The van der Waals surface area contributed by atoms with Gasteiger partial charge < -0.3 is 19.9 Å². The number of amides is 1. The van der Waals surface area contributed by atoms with Crippen molar-refractivity contribution in [1.82, 2.24) is 5.32 Å². The summed E-state index contributed by atoms with van der Waals surface area (Å²) >= 11 is 0. The van der Waals surface area contributed by atoms with E-state index in [1.165, 1.54) is 0 Å². The average molecular weight is 349 g/mol. The summed E-state index contributed by atoms with van der Waals surface area (Å²) in [7, 11) is 0. The van der Waals surface area contributed by atoms with Crippen LogP contribution in [0.3, 0.4) is 0 Å². The molecule has 1 saturated carbocycles. The van der Waals surface area contributed by atoms with E-state index in [-0.39, 0.29) is 12.7 Å². The van der Waals surface area contributed by atoms with Gasteiger partial charge in [0.1, 0.15) is 18.8 Å². The lowest BCUT2D eigenvalue weighted by Gasteiger charge is -2.22. The van der Waals surface area contributed by atoms with Gasteiger partial charge in [-0.25, -0.2) is 9.59 Å². The number of ether oxygens (including phenoxy) is 2. The SMILES string of the molecule is O=C(CC(NC(=O)OCc1ccccc1)C(=O)O)OC1CCCCC1. The molecule has 25 heavy (non-hydrogen) atoms. The third-order valence-electron chi connectivity index (χ3n) is 4.02. The highest BCUT2D eigenvalue weighted by Crippen LogP contribution is 2.20. The lowest BCUT2D eigenvalue weighted by atomic mass is 9.98. The Balaban J connectivity index is 1.77. The van der Waals surface area contributed by atoms with Gasteiger partial charge in [0.25, 0.3) is 0 Å². The molecule has 2 rings (SSSR count). The first kappa shape index (κ1) is 18.8. The topological polar surface area (TPSA) is 102 Å². The minimum Gasteiger partial charge on any atom is -0.480 e. The van der Waals surface area contributed by atoms with Crippen molar-refractivity contribution in [3.05, 3.63) is 35.9 Å². The van der Waals surface area contributed by atoms with Crippen molar-refractivity contribution in [2.75, 3.05) is 0 Å². The number of hydrogen-bond donors (Lipinski definition) is 2. The van der Waals surface area contributed by atoms with Gasteiger partial charge in [-0.15, -0.1) is 0 Å². The summed E-state index contributed by atoms with van der Waals surface area (Å²) < 4.78 is 10.3. The molecular formula is C18H23NO6. The monoisotopic (exact) mass is 349 g/mol. The Bertz CT molecular complexity index is 582. The lowest BCUT2D eigenvalue weighted by molar-refractivity contribution is -0.154. The van der Waals surface area contributed by atoms with Crippen LogP contribution in [0.15, 0.2) is 30.3 Å². The number of carboxylic acid groups (broad SMARTS) is 1. The maximum Gasteiger partial charge on any atom is 0.408 e. The third kappa shape index (κ3) is 6.82. The molecule has 1 atom stereocenters. The van der Waals surface area contributed by atoms with E-state index in [2.05, 4.69) is 5.32 Å². The van der Waals surface area contributed by atoms with E-state index in [1.807, 2.05) is 6.07 Å². The van der Waals surface area contributed by atoms with E-state index in [0.29, 0.717) is 0 Å². The molecule has 1 aliphatic carbocycles. The second-order valence-electron chi connectivity index (χ2n) is 6.05. The number of benzene rings is 1. The Kier molecular flexibility index (Phi) is 7.25. The Morgan fingerprint density at radius 3 is 2.44 bits per heavy atom. The van der Waals surface area contributed by atoms with E-state index >= 15 is 0 Å². The van der Waals surface area contributed by atoms with Crippen LogP contribution in [0.1, 0.15) is 44.1 Å². The highest BCUT2D eigenvalue weighted by molar-refractivity contribution is 5.85. The minimum atomic E-state index is -1.38. The summed E-state index contributed by atoms with van der Waals surface area (Å²) in [4.78, 5) is 34.9. The van der Waals surface area contributed by atoms with Gasteiger partial charge in [-0.2, -0.15) is 0 Å². The summed E-state index contributed by atoms with van der Waals surface area (Å²) in [6.45, 7) is 0.0194. The second kappa shape index (κ2) is 9.66. The fourth-order valence-corrected chi connectivity index (χ4v) is 2.69. The predicted octanol–water partition coefficient (Wildman–Crippen LogP) is 2.63. The molecule has 7 nitrogen and oxygen atoms in total. The van der Waals surface area contributed by atoms with Crippen molar-refractivity contribution in [2.24, 2.45) is 0 Å². The van der Waals surface area contributed by atoms with E-state index in [9.17, 15) is 19.5 Å². The van der Waals surface area contributed by atoms with E-state index in [1.54, 1.807) is 24.3 Å². The molecular weight excluding hydrogens is 326 g/mol. The Morgan fingerprint density at radius 1 is 1.12 bits per heavy atom. The van der Waals surface area contributed by atoms with Crippen LogP contribution >= 0.6 is 0 Å².